The highest BCUT2D eigenvalue weighted by atomic mass is 32.1. The average molecular weight is 305 g/mol. The smallest absolute Gasteiger partial charge is 0.274 e. The van der Waals surface area contributed by atoms with Crippen LogP contribution in [0.5, 0.6) is 0 Å². The van der Waals surface area contributed by atoms with Gasteiger partial charge in [0.2, 0.25) is 5.91 Å². The molecule has 6 nitrogen and oxygen atoms in total. The number of nitrogens with one attached hydrogen (secondary N) is 2. The van der Waals surface area contributed by atoms with Gasteiger partial charge in [-0.2, -0.15) is 0 Å². The van der Waals surface area contributed by atoms with Gasteiger partial charge in [0.15, 0.2) is 0 Å². The minimum absolute atomic E-state index is 0.0910. The summed E-state index contributed by atoms with van der Waals surface area (Å²) in [6.45, 7) is 3.67. The SMILES string of the molecule is CC(=O)Nc1ccsc1CNc1cccc([N+](=O)[O-])c1C. The summed E-state index contributed by atoms with van der Waals surface area (Å²) in [7, 11) is 0. The predicted molar refractivity (Wildman–Crippen MR) is 83.8 cm³/mol. The second-order valence-electron chi connectivity index (χ2n) is 4.50. The molecule has 0 spiro atoms. The number of amides is 1. The lowest BCUT2D eigenvalue weighted by atomic mass is 10.1. The number of anilines is 2. The number of carbonyl (C=O) groups is 1. The highest BCUT2D eigenvalue weighted by Crippen LogP contribution is 2.28. The highest BCUT2D eigenvalue weighted by molar-refractivity contribution is 7.10. The summed E-state index contributed by atoms with van der Waals surface area (Å²) in [6.07, 6.45) is 0. The second-order valence-corrected chi connectivity index (χ2v) is 5.50. The molecule has 0 radical (unpaired) electrons. The highest BCUT2D eigenvalue weighted by Gasteiger charge is 2.13. The quantitative estimate of drug-likeness (QED) is 0.653. The van der Waals surface area contributed by atoms with E-state index in [1.807, 2.05) is 11.4 Å². The van der Waals surface area contributed by atoms with Gasteiger partial charge in [0, 0.05) is 29.1 Å². The lowest BCUT2D eigenvalue weighted by molar-refractivity contribution is -0.385. The minimum Gasteiger partial charge on any atom is -0.380 e. The molecule has 2 aromatic rings. The van der Waals surface area contributed by atoms with Gasteiger partial charge < -0.3 is 10.6 Å². The number of rotatable bonds is 5. The van der Waals surface area contributed by atoms with Crippen molar-refractivity contribution in [3.63, 3.8) is 0 Å². The van der Waals surface area contributed by atoms with Crippen molar-refractivity contribution in [3.05, 3.63) is 50.2 Å². The third-order valence-corrected chi connectivity index (χ3v) is 3.92. The van der Waals surface area contributed by atoms with Gasteiger partial charge in [-0.15, -0.1) is 11.3 Å². The van der Waals surface area contributed by atoms with Gasteiger partial charge in [-0.1, -0.05) is 6.07 Å². The lowest BCUT2D eigenvalue weighted by Gasteiger charge is -2.10. The van der Waals surface area contributed by atoms with Crippen LogP contribution in [0.1, 0.15) is 17.4 Å². The predicted octanol–water partition coefficient (Wildman–Crippen LogP) is 3.54. The fourth-order valence-electron chi connectivity index (χ4n) is 1.97. The zero-order valence-electron chi connectivity index (χ0n) is 11.7. The normalized spacial score (nSPS) is 10.2. The molecule has 0 fully saturated rings. The van der Waals surface area contributed by atoms with E-state index in [-0.39, 0.29) is 11.6 Å². The van der Waals surface area contributed by atoms with E-state index in [0.29, 0.717) is 17.8 Å². The van der Waals surface area contributed by atoms with Crippen LogP contribution in [0.4, 0.5) is 17.1 Å². The van der Waals surface area contributed by atoms with Crippen molar-refractivity contribution in [1.29, 1.82) is 0 Å². The van der Waals surface area contributed by atoms with Crippen LogP contribution < -0.4 is 10.6 Å². The number of carbonyl (C=O) groups excluding carboxylic acids is 1. The Morgan fingerprint density at radius 2 is 2.10 bits per heavy atom. The number of nitrogens with zero attached hydrogens (tertiary/aromatic N) is 1. The Morgan fingerprint density at radius 3 is 2.76 bits per heavy atom. The van der Waals surface area contributed by atoms with Crippen LogP contribution >= 0.6 is 11.3 Å². The molecule has 0 saturated heterocycles. The largest absolute Gasteiger partial charge is 0.380 e. The molecule has 0 bridgehead atoms. The first kappa shape index (κ1) is 15.0. The van der Waals surface area contributed by atoms with E-state index in [4.69, 9.17) is 0 Å². The van der Waals surface area contributed by atoms with Crippen molar-refractivity contribution in [3.8, 4) is 0 Å². The van der Waals surface area contributed by atoms with Crippen molar-refractivity contribution in [2.45, 2.75) is 20.4 Å². The van der Waals surface area contributed by atoms with Gasteiger partial charge in [0.1, 0.15) is 0 Å². The molecule has 1 amide bonds. The molecule has 0 aliphatic heterocycles. The van der Waals surface area contributed by atoms with Crippen molar-refractivity contribution in [2.75, 3.05) is 10.6 Å². The monoisotopic (exact) mass is 305 g/mol. The number of nitro benzene ring substituents is 1. The van der Waals surface area contributed by atoms with Gasteiger partial charge in [-0.3, -0.25) is 14.9 Å². The molecule has 0 unspecified atom stereocenters. The molecule has 0 aliphatic rings. The maximum absolute atomic E-state index is 11.1. The Labute approximate surface area is 126 Å². The number of hydrogen-bond acceptors (Lipinski definition) is 5. The fourth-order valence-corrected chi connectivity index (χ4v) is 2.74. The summed E-state index contributed by atoms with van der Waals surface area (Å²) in [5.74, 6) is -0.124. The summed E-state index contributed by atoms with van der Waals surface area (Å²) in [5.41, 5.74) is 2.17. The number of nitro groups is 1. The van der Waals surface area contributed by atoms with Crippen LogP contribution in [0.15, 0.2) is 29.6 Å². The van der Waals surface area contributed by atoms with Gasteiger partial charge >= 0.3 is 0 Å². The third kappa shape index (κ3) is 3.57. The number of hydrogen-bond donors (Lipinski definition) is 2. The van der Waals surface area contributed by atoms with Gasteiger partial charge in [0.05, 0.1) is 17.2 Å². The topological polar surface area (TPSA) is 84.3 Å². The summed E-state index contributed by atoms with van der Waals surface area (Å²) < 4.78 is 0. The Hall–Kier alpha value is -2.41. The standard InChI is InChI=1S/C14H15N3O3S/c1-9-11(4-3-5-13(9)17(19)20)15-8-14-12(6-7-21-14)16-10(2)18/h3-7,15H,8H2,1-2H3,(H,16,18). The molecule has 110 valence electrons. The molecule has 0 saturated carbocycles. The van der Waals surface area contributed by atoms with Crippen molar-refractivity contribution in [1.82, 2.24) is 0 Å². The first-order valence-corrected chi connectivity index (χ1v) is 7.19. The zero-order chi connectivity index (χ0) is 15.4. The van der Waals surface area contributed by atoms with E-state index >= 15 is 0 Å². The zero-order valence-corrected chi connectivity index (χ0v) is 12.5. The second kappa shape index (κ2) is 6.36. The Kier molecular flexibility index (Phi) is 4.54. The maximum atomic E-state index is 11.1. The van der Waals surface area contributed by atoms with Crippen LogP contribution in [-0.4, -0.2) is 10.8 Å². The Bertz CT molecular complexity index is 682. The van der Waals surface area contributed by atoms with E-state index in [9.17, 15) is 14.9 Å². The first-order chi connectivity index (χ1) is 9.99. The Balaban J connectivity index is 2.14. The fraction of sp³-hybridized carbons (Fsp3) is 0.214. The van der Waals surface area contributed by atoms with E-state index in [2.05, 4.69) is 10.6 Å². The van der Waals surface area contributed by atoms with Crippen LogP contribution in [0.3, 0.4) is 0 Å². The summed E-state index contributed by atoms with van der Waals surface area (Å²) in [4.78, 5) is 22.6. The van der Waals surface area contributed by atoms with Gasteiger partial charge in [0.25, 0.3) is 5.69 Å². The molecule has 7 heteroatoms. The van der Waals surface area contributed by atoms with Crippen molar-refractivity contribution < 1.29 is 9.72 Å². The molecule has 21 heavy (non-hydrogen) atoms. The lowest BCUT2D eigenvalue weighted by Crippen LogP contribution is -2.08. The van der Waals surface area contributed by atoms with Crippen molar-refractivity contribution in [2.24, 2.45) is 0 Å². The van der Waals surface area contributed by atoms with Crippen LogP contribution in [-0.2, 0) is 11.3 Å². The molecule has 0 atom stereocenters. The average Bonchev–Trinajstić information content (AvgIpc) is 2.83. The van der Waals surface area contributed by atoms with E-state index in [1.54, 1.807) is 19.1 Å². The summed E-state index contributed by atoms with van der Waals surface area (Å²) >= 11 is 1.52. The molecular weight excluding hydrogens is 290 g/mol. The molecule has 0 aliphatic carbocycles. The van der Waals surface area contributed by atoms with Crippen LogP contribution in [0.2, 0.25) is 0 Å². The number of benzene rings is 1. The maximum Gasteiger partial charge on any atom is 0.274 e. The molecule has 1 aromatic heterocycles. The van der Waals surface area contributed by atoms with E-state index < -0.39 is 4.92 Å². The van der Waals surface area contributed by atoms with Gasteiger partial charge in [-0.05, 0) is 24.4 Å². The first-order valence-electron chi connectivity index (χ1n) is 6.31. The van der Waals surface area contributed by atoms with Crippen molar-refractivity contribution >= 4 is 34.3 Å². The third-order valence-electron chi connectivity index (χ3n) is 3.00. The molecule has 1 heterocycles. The molecular formula is C14H15N3O3S. The van der Waals surface area contributed by atoms with E-state index in [1.165, 1.54) is 24.3 Å². The van der Waals surface area contributed by atoms with Crippen LogP contribution in [0, 0.1) is 17.0 Å². The molecule has 1 aromatic carbocycles. The summed E-state index contributed by atoms with van der Waals surface area (Å²) in [6, 6.07) is 6.77. The minimum atomic E-state index is -0.394. The number of thiophene rings is 1. The van der Waals surface area contributed by atoms with Crippen LogP contribution in [0.25, 0.3) is 0 Å². The molecule has 2 rings (SSSR count). The van der Waals surface area contributed by atoms with E-state index in [0.717, 1.165) is 10.6 Å². The van der Waals surface area contributed by atoms with Gasteiger partial charge in [-0.25, -0.2) is 0 Å². The molecule has 2 N–H and O–H groups in total. The Morgan fingerprint density at radius 1 is 1.33 bits per heavy atom. The summed E-state index contributed by atoms with van der Waals surface area (Å²) in [5, 5.41) is 18.7.